The molecule has 1 aromatic heterocycles. The third-order valence-corrected chi connectivity index (χ3v) is 7.57. The number of amides is 4. The fraction of sp³-hybridized carbons (Fsp3) is 0.417. The average molecular weight is 526 g/mol. The summed E-state index contributed by atoms with van der Waals surface area (Å²) in [5.41, 5.74) is -0.0391. The molecule has 0 saturated carbocycles. The van der Waals surface area contributed by atoms with Gasteiger partial charge in [0.15, 0.2) is 10.2 Å². The number of benzene rings is 1. The second kappa shape index (κ2) is 8.92. The maximum Gasteiger partial charge on any atom is 0.328 e. The van der Waals surface area contributed by atoms with Gasteiger partial charge in [0.25, 0.3) is 5.56 Å². The van der Waals surface area contributed by atoms with E-state index < -0.39 is 34.9 Å². The van der Waals surface area contributed by atoms with Crippen LogP contribution in [0.3, 0.4) is 0 Å². The first-order valence-corrected chi connectivity index (χ1v) is 12.3. The zero-order valence-electron chi connectivity index (χ0n) is 20.6. The van der Waals surface area contributed by atoms with E-state index in [1.807, 2.05) is 31.9 Å². The standard InChI is InChI=1S/C24H27N7O5S/c1-12(2)31-19(33)15(18(32)26-23(31)37)10-25-14-4-5-16-13(8-14)9-24(17-11-29(3)6-7-30(16)17)20(34)27-22(36)28-21(24)35/h4-5,8,10,12,17,33H,6-7,9,11H2,1-3H3,(H,26,32,37)(H2,27,28,34,35,36). The highest BCUT2D eigenvalue weighted by Crippen LogP contribution is 2.45. The van der Waals surface area contributed by atoms with Crippen molar-refractivity contribution in [3.8, 4) is 5.88 Å². The van der Waals surface area contributed by atoms with Gasteiger partial charge in [-0.05, 0) is 63.3 Å². The quantitative estimate of drug-likeness (QED) is 0.263. The van der Waals surface area contributed by atoms with Gasteiger partial charge in [0.1, 0.15) is 5.56 Å². The maximum absolute atomic E-state index is 13.2. The topological polar surface area (TPSA) is 152 Å². The number of carbonyl (C=O) groups is 3. The highest BCUT2D eigenvalue weighted by atomic mass is 32.1. The lowest BCUT2D eigenvalue weighted by molar-refractivity contribution is -0.147. The van der Waals surface area contributed by atoms with Crippen LogP contribution in [0.4, 0.5) is 16.2 Å². The number of nitrogens with one attached hydrogen (secondary N) is 3. The van der Waals surface area contributed by atoms with Crippen molar-refractivity contribution in [1.29, 1.82) is 0 Å². The van der Waals surface area contributed by atoms with Gasteiger partial charge in [-0.3, -0.25) is 39.6 Å². The van der Waals surface area contributed by atoms with Crippen LogP contribution >= 0.6 is 12.2 Å². The number of anilines is 1. The van der Waals surface area contributed by atoms with Crippen molar-refractivity contribution in [3.05, 3.63) is 44.5 Å². The lowest BCUT2D eigenvalue weighted by atomic mass is 9.68. The van der Waals surface area contributed by atoms with Crippen LogP contribution in [-0.4, -0.2) is 76.3 Å². The Labute approximate surface area is 217 Å². The van der Waals surface area contributed by atoms with E-state index in [1.54, 1.807) is 12.1 Å². The Kier molecular flexibility index (Phi) is 5.99. The molecule has 3 aliphatic heterocycles. The van der Waals surface area contributed by atoms with Gasteiger partial charge in [0, 0.05) is 37.6 Å². The van der Waals surface area contributed by atoms with Crippen LogP contribution in [0.15, 0.2) is 28.0 Å². The molecule has 2 saturated heterocycles. The zero-order valence-corrected chi connectivity index (χ0v) is 21.4. The molecule has 0 radical (unpaired) electrons. The number of carbonyl (C=O) groups excluding carboxylic acids is 3. The molecule has 2 fully saturated rings. The van der Waals surface area contributed by atoms with Gasteiger partial charge in [-0.15, -0.1) is 0 Å². The van der Waals surface area contributed by atoms with Gasteiger partial charge in [-0.25, -0.2) is 4.79 Å². The minimum Gasteiger partial charge on any atom is -0.494 e. The molecule has 1 unspecified atom stereocenters. The molecular weight excluding hydrogens is 498 g/mol. The Bertz CT molecular complexity index is 1460. The number of imide groups is 2. The first-order chi connectivity index (χ1) is 17.5. The van der Waals surface area contributed by atoms with Crippen molar-refractivity contribution in [2.45, 2.75) is 32.4 Å². The SMILES string of the molecule is CC(C)n1c(O)c(C=Nc2ccc3c(c2)CC2(C(=O)NC(=O)NC2=O)C2CN(C)CCN32)c(=O)[nH]c1=S. The number of nitrogens with zero attached hydrogens (tertiary/aromatic N) is 4. The van der Waals surface area contributed by atoms with Crippen LogP contribution in [-0.2, 0) is 16.0 Å². The van der Waals surface area contributed by atoms with Crippen molar-refractivity contribution in [1.82, 2.24) is 25.1 Å². The van der Waals surface area contributed by atoms with Crippen LogP contribution in [0.5, 0.6) is 5.88 Å². The van der Waals surface area contributed by atoms with E-state index in [9.17, 15) is 24.3 Å². The van der Waals surface area contributed by atoms with Gasteiger partial charge >= 0.3 is 6.03 Å². The number of rotatable bonds is 3. The summed E-state index contributed by atoms with van der Waals surface area (Å²) < 4.78 is 1.53. The molecule has 13 heteroatoms. The van der Waals surface area contributed by atoms with Gasteiger partial charge in [0.05, 0.1) is 11.7 Å². The monoisotopic (exact) mass is 525 g/mol. The molecule has 1 aromatic carbocycles. The summed E-state index contributed by atoms with van der Waals surface area (Å²) >= 11 is 5.16. The molecule has 12 nitrogen and oxygen atoms in total. The highest BCUT2D eigenvalue weighted by molar-refractivity contribution is 7.71. The number of aliphatic imine (C=N–C) groups is 1. The normalized spacial score (nSPS) is 21.2. The number of hydrogen-bond donors (Lipinski definition) is 4. The number of aromatic hydroxyl groups is 1. The summed E-state index contributed by atoms with van der Waals surface area (Å²) in [7, 11) is 1.93. The van der Waals surface area contributed by atoms with E-state index in [0.717, 1.165) is 12.2 Å². The molecule has 4 N–H and O–H groups in total. The largest absolute Gasteiger partial charge is 0.494 e. The second-order valence-corrected chi connectivity index (χ2v) is 10.3. The first kappa shape index (κ1) is 24.8. The number of barbiturate groups is 1. The van der Waals surface area contributed by atoms with Crippen LogP contribution in [0, 0.1) is 10.2 Å². The molecule has 4 heterocycles. The number of aromatic amines is 1. The Morgan fingerprint density at radius 1 is 1.16 bits per heavy atom. The third-order valence-electron chi connectivity index (χ3n) is 7.27. The molecule has 4 amide bonds. The number of H-pyrrole nitrogens is 1. The predicted molar refractivity (Wildman–Crippen MR) is 138 cm³/mol. The first-order valence-electron chi connectivity index (χ1n) is 11.9. The van der Waals surface area contributed by atoms with Gasteiger partial charge in [0.2, 0.25) is 17.7 Å². The van der Waals surface area contributed by atoms with Crippen molar-refractivity contribution < 1.29 is 19.5 Å². The molecule has 194 valence electrons. The number of urea groups is 1. The summed E-state index contributed by atoms with van der Waals surface area (Å²) in [6, 6.07) is 3.93. The summed E-state index contributed by atoms with van der Waals surface area (Å²) in [6.07, 6.45) is 1.34. The Balaban J connectivity index is 1.57. The fourth-order valence-electron chi connectivity index (χ4n) is 5.44. The van der Waals surface area contributed by atoms with E-state index in [0.29, 0.717) is 24.3 Å². The summed E-state index contributed by atoms with van der Waals surface area (Å²) in [4.78, 5) is 61.8. The molecule has 3 aliphatic rings. The molecule has 0 aliphatic carbocycles. The number of aromatic nitrogens is 2. The van der Waals surface area contributed by atoms with E-state index in [1.165, 1.54) is 10.8 Å². The van der Waals surface area contributed by atoms with E-state index >= 15 is 0 Å². The minimum absolute atomic E-state index is 0.0415. The lowest BCUT2D eigenvalue weighted by Gasteiger charge is -2.53. The van der Waals surface area contributed by atoms with Crippen LogP contribution < -0.4 is 21.1 Å². The summed E-state index contributed by atoms with van der Waals surface area (Å²) in [5, 5.41) is 15.2. The molecule has 2 aromatic rings. The molecule has 37 heavy (non-hydrogen) atoms. The Morgan fingerprint density at radius 2 is 1.86 bits per heavy atom. The van der Waals surface area contributed by atoms with Crippen molar-refractivity contribution >= 4 is 47.7 Å². The average Bonchev–Trinajstić information content (AvgIpc) is 2.81. The van der Waals surface area contributed by atoms with Crippen molar-refractivity contribution in [3.63, 3.8) is 0 Å². The lowest BCUT2D eigenvalue weighted by Crippen LogP contribution is -2.74. The molecule has 1 spiro atoms. The molecule has 5 rings (SSSR count). The zero-order chi connectivity index (χ0) is 26.6. The Hall–Kier alpha value is -3.84. The van der Waals surface area contributed by atoms with Crippen molar-refractivity contribution in [2.75, 3.05) is 31.6 Å². The van der Waals surface area contributed by atoms with Crippen LogP contribution in [0.1, 0.15) is 31.0 Å². The van der Waals surface area contributed by atoms with Crippen molar-refractivity contribution in [2.24, 2.45) is 10.4 Å². The van der Waals surface area contributed by atoms with Gasteiger partial charge in [-0.1, -0.05) is 0 Å². The summed E-state index contributed by atoms with van der Waals surface area (Å²) in [6.45, 7) is 5.46. The van der Waals surface area contributed by atoms with Crippen LogP contribution in [0.25, 0.3) is 0 Å². The van der Waals surface area contributed by atoms with E-state index in [2.05, 4.69) is 25.5 Å². The third kappa shape index (κ3) is 3.94. The minimum atomic E-state index is -1.49. The fourth-order valence-corrected chi connectivity index (χ4v) is 5.83. The smallest absolute Gasteiger partial charge is 0.328 e. The molecule has 0 bridgehead atoms. The maximum atomic E-state index is 13.2. The summed E-state index contributed by atoms with van der Waals surface area (Å²) in [5.74, 6) is -1.53. The van der Waals surface area contributed by atoms with E-state index in [-0.39, 0.29) is 28.7 Å². The van der Waals surface area contributed by atoms with E-state index in [4.69, 9.17) is 12.2 Å². The number of likely N-dealkylation sites (N-methyl/N-ethyl adjacent to an activating group) is 1. The number of hydrogen-bond acceptors (Lipinski definition) is 9. The molecular formula is C24H27N7O5S. The number of fused-ring (bicyclic) bond motifs is 4. The van der Waals surface area contributed by atoms with Gasteiger partial charge < -0.3 is 14.9 Å². The Morgan fingerprint density at radius 3 is 2.54 bits per heavy atom. The highest BCUT2D eigenvalue weighted by Gasteiger charge is 2.60. The number of piperazine rings is 1. The predicted octanol–water partition coefficient (Wildman–Crippen LogP) is 0.972. The van der Waals surface area contributed by atoms with Gasteiger partial charge in [-0.2, -0.15) is 0 Å². The molecule has 1 atom stereocenters. The van der Waals surface area contributed by atoms with Crippen LogP contribution in [0.2, 0.25) is 0 Å². The second-order valence-electron chi connectivity index (χ2n) is 9.89.